The van der Waals surface area contributed by atoms with Crippen LogP contribution < -0.4 is 5.32 Å². The molecule has 2 unspecified atom stereocenters. The molecule has 9 heteroatoms. The molecule has 3 aliphatic rings. The highest BCUT2D eigenvalue weighted by Crippen LogP contribution is 2.46. The van der Waals surface area contributed by atoms with Crippen molar-refractivity contribution in [3.05, 3.63) is 63.8 Å². The van der Waals surface area contributed by atoms with Gasteiger partial charge in [0.05, 0.1) is 12.3 Å². The van der Waals surface area contributed by atoms with Crippen molar-refractivity contribution in [3.8, 4) is 0 Å². The Labute approximate surface area is 237 Å². The van der Waals surface area contributed by atoms with Crippen molar-refractivity contribution in [1.29, 1.82) is 0 Å². The molecule has 0 aromatic heterocycles. The van der Waals surface area contributed by atoms with Crippen LogP contribution in [-0.2, 0) is 14.8 Å². The molecule has 38 heavy (non-hydrogen) atoms. The molecule has 1 saturated heterocycles. The van der Waals surface area contributed by atoms with E-state index in [1.165, 1.54) is 23.0 Å². The zero-order valence-corrected chi connectivity index (χ0v) is 24.7. The van der Waals surface area contributed by atoms with E-state index in [4.69, 9.17) is 23.2 Å². The van der Waals surface area contributed by atoms with E-state index in [0.717, 1.165) is 37.7 Å². The Morgan fingerprint density at radius 1 is 1.18 bits per heavy atom. The Morgan fingerprint density at radius 2 is 1.95 bits per heavy atom. The normalized spacial score (nSPS) is 23.9. The fourth-order valence-corrected chi connectivity index (χ4v) is 7.37. The third-order valence-electron chi connectivity index (χ3n) is 8.00. The van der Waals surface area contributed by atoms with Gasteiger partial charge in [-0.05, 0) is 85.6 Å². The molecule has 0 saturated carbocycles. The van der Waals surface area contributed by atoms with Crippen molar-refractivity contribution < 1.29 is 13.2 Å². The first-order valence-electron chi connectivity index (χ1n) is 13.5. The molecule has 2 atom stereocenters. The highest BCUT2D eigenvalue weighted by atomic mass is 35.5. The molecule has 1 aromatic carbocycles. The van der Waals surface area contributed by atoms with Crippen LogP contribution in [0, 0.1) is 5.92 Å². The van der Waals surface area contributed by atoms with Gasteiger partial charge in [-0.15, -0.1) is 11.6 Å². The van der Waals surface area contributed by atoms with Crippen LogP contribution in [0.3, 0.4) is 0 Å². The van der Waals surface area contributed by atoms with Crippen molar-refractivity contribution in [3.63, 3.8) is 0 Å². The van der Waals surface area contributed by atoms with Crippen LogP contribution in [0.5, 0.6) is 0 Å². The number of benzene rings is 1. The van der Waals surface area contributed by atoms with E-state index in [0.29, 0.717) is 49.3 Å². The summed E-state index contributed by atoms with van der Waals surface area (Å²) in [5, 5.41) is 3.73. The molecule has 1 fully saturated rings. The first-order chi connectivity index (χ1) is 18.2. The summed E-state index contributed by atoms with van der Waals surface area (Å²) in [7, 11) is -1.04. The van der Waals surface area contributed by atoms with E-state index in [-0.39, 0.29) is 17.9 Å². The summed E-state index contributed by atoms with van der Waals surface area (Å²) in [5.41, 5.74) is 5.13. The molecule has 208 valence electrons. The number of carbonyl (C=O) groups is 1. The van der Waals surface area contributed by atoms with Crippen molar-refractivity contribution in [2.24, 2.45) is 5.92 Å². The number of nitrogens with one attached hydrogen (secondary N) is 1. The van der Waals surface area contributed by atoms with Crippen LogP contribution in [0.1, 0.15) is 62.0 Å². The lowest BCUT2D eigenvalue weighted by atomic mass is 9.69. The van der Waals surface area contributed by atoms with E-state index >= 15 is 0 Å². The lowest BCUT2D eigenvalue weighted by Crippen LogP contribution is -2.45. The zero-order valence-electron chi connectivity index (χ0n) is 22.3. The van der Waals surface area contributed by atoms with E-state index in [1.807, 2.05) is 6.07 Å². The summed E-state index contributed by atoms with van der Waals surface area (Å²) in [6.45, 7) is 1.77. The number of hydrogen-bond acceptors (Lipinski definition) is 4. The molecular formula is C29H39Cl2N3O3S. The smallest absolute Gasteiger partial charge is 0.220 e. The predicted octanol–water partition coefficient (Wildman–Crippen LogP) is 5.55. The first kappa shape index (κ1) is 29.2. The minimum absolute atomic E-state index is 0.0565. The first-order valence-corrected chi connectivity index (χ1v) is 16.3. The van der Waals surface area contributed by atoms with Gasteiger partial charge in [-0.25, -0.2) is 12.7 Å². The molecular weight excluding hydrogens is 541 g/mol. The number of nitrogens with zero attached hydrogens (tertiary/aromatic N) is 2. The Kier molecular flexibility index (Phi) is 10.0. The second-order valence-electron chi connectivity index (χ2n) is 10.7. The number of likely N-dealkylation sites (N-methyl/N-ethyl adjacent to an activating group) is 1. The quantitative estimate of drug-likeness (QED) is 0.307. The van der Waals surface area contributed by atoms with Crippen LogP contribution in [0.25, 0.3) is 6.08 Å². The molecule has 2 aliphatic heterocycles. The molecule has 0 spiro atoms. The Balaban J connectivity index is 1.61. The molecule has 1 aliphatic carbocycles. The molecule has 1 aromatic rings. The van der Waals surface area contributed by atoms with Gasteiger partial charge < -0.3 is 10.2 Å². The summed E-state index contributed by atoms with van der Waals surface area (Å²) < 4.78 is 25.9. The fourth-order valence-electron chi connectivity index (χ4n) is 6.18. The zero-order chi connectivity index (χ0) is 27.3. The number of alkyl halides is 1. The van der Waals surface area contributed by atoms with E-state index in [2.05, 4.69) is 53.8 Å². The van der Waals surface area contributed by atoms with Crippen LogP contribution in [0.4, 0.5) is 0 Å². The molecule has 6 nitrogen and oxygen atoms in total. The lowest BCUT2D eigenvalue weighted by Gasteiger charge is -2.45. The minimum Gasteiger partial charge on any atom is -0.373 e. The number of carbonyl (C=O) groups excluding carboxylic acids is 1. The minimum atomic E-state index is -3.18. The third-order valence-corrected chi connectivity index (χ3v) is 9.80. The van der Waals surface area contributed by atoms with Crippen molar-refractivity contribution in [1.82, 2.24) is 14.5 Å². The molecule has 2 heterocycles. The maximum Gasteiger partial charge on any atom is 0.220 e. The molecule has 1 N–H and O–H groups in total. The number of piperidine rings is 1. The standard InChI is InChI=1S/C29H39Cl2N3O3S/c1-33-15-5-7-23-18-21(6-4-14-32-27(35)8-3-13-30)19-24-20-25(31)9-10-26(24)28(29(23)33)22-11-16-34(17-12-22)38(2,36)37/h5,7,9-10,15,19-20,22,28-29H,3-4,6,8,11-14,16-18H2,1-2H3,(H,32,35)/b21-19-. The predicted molar refractivity (Wildman–Crippen MR) is 157 cm³/mol. The topological polar surface area (TPSA) is 69.7 Å². The number of hydrogen-bond donors (Lipinski definition) is 1. The fraction of sp³-hybridized carbons (Fsp3) is 0.552. The maximum atomic E-state index is 12.2. The largest absolute Gasteiger partial charge is 0.373 e. The molecule has 0 bridgehead atoms. The van der Waals surface area contributed by atoms with Crippen LogP contribution in [-0.4, -0.2) is 68.4 Å². The van der Waals surface area contributed by atoms with Gasteiger partial charge in [0, 0.05) is 49.9 Å². The number of sulfonamides is 1. The van der Waals surface area contributed by atoms with Crippen molar-refractivity contribution in [2.75, 3.05) is 38.8 Å². The van der Waals surface area contributed by atoms with Gasteiger partial charge in [-0.2, -0.15) is 0 Å². The van der Waals surface area contributed by atoms with E-state index in [9.17, 15) is 13.2 Å². The second-order valence-corrected chi connectivity index (χ2v) is 13.5. The molecule has 0 radical (unpaired) electrons. The van der Waals surface area contributed by atoms with Gasteiger partial charge in [-0.3, -0.25) is 4.79 Å². The summed E-state index contributed by atoms with van der Waals surface area (Å²) in [6, 6.07) is 6.41. The summed E-state index contributed by atoms with van der Waals surface area (Å²) in [6.07, 6.45) is 15.6. The number of rotatable bonds is 9. The highest BCUT2D eigenvalue weighted by molar-refractivity contribution is 7.88. The molecule has 1 amide bonds. The van der Waals surface area contributed by atoms with Gasteiger partial charge in [0.15, 0.2) is 0 Å². The average Bonchev–Trinajstić information content (AvgIpc) is 2.86. The van der Waals surface area contributed by atoms with Crippen LogP contribution in [0.15, 0.2) is 47.7 Å². The second kappa shape index (κ2) is 13.0. The molecule has 4 rings (SSSR count). The summed E-state index contributed by atoms with van der Waals surface area (Å²) in [4.78, 5) is 14.3. The number of halogens is 2. The number of fused-ring (bicyclic) bond motifs is 2. The van der Waals surface area contributed by atoms with Gasteiger partial charge in [-0.1, -0.05) is 35.4 Å². The highest BCUT2D eigenvalue weighted by Gasteiger charge is 2.40. The van der Waals surface area contributed by atoms with Gasteiger partial charge in [0.2, 0.25) is 15.9 Å². The monoisotopic (exact) mass is 579 g/mol. The number of amides is 1. The van der Waals surface area contributed by atoms with E-state index < -0.39 is 10.0 Å². The lowest BCUT2D eigenvalue weighted by molar-refractivity contribution is -0.121. The SMILES string of the molecule is CN1C=CC=C2C/C(CCCNC(=O)CCCCl)=C\c3cc(Cl)ccc3C(C3CCN(S(C)(=O)=O)CC3)C21. The average molecular weight is 581 g/mol. The maximum absolute atomic E-state index is 12.2. The van der Waals surface area contributed by atoms with E-state index in [1.54, 1.807) is 4.31 Å². The van der Waals surface area contributed by atoms with Crippen LogP contribution >= 0.6 is 23.2 Å². The van der Waals surface area contributed by atoms with Gasteiger partial charge >= 0.3 is 0 Å². The van der Waals surface area contributed by atoms with Crippen molar-refractivity contribution >= 4 is 45.2 Å². The van der Waals surface area contributed by atoms with Gasteiger partial charge in [0.25, 0.3) is 0 Å². The summed E-state index contributed by atoms with van der Waals surface area (Å²) in [5.74, 6) is 1.14. The Hall–Kier alpha value is -1.80. The van der Waals surface area contributed by atoms with Crippen LogP contribution in [0.2, 0.25) is 5.02 Å². The Bertz CT molecular complexity index is 1200. The van der Waals surface area contributed by atoms with Crippen molar-refractivity contribution in [2.45, 2.75) is 56.9 Å². The third kappa shape index (κ3) is 7.23. The van der Waals surface area contributed by atoms with Gasteiger partial charge in [0.1, 0.15) is 0 Å². The summed E-state index contributed by atoms with van der Waals surface area (Å²) >= 11 is 12.2. The Morgan fingerprint density at radius 3 is 2.66 bits per heavy atom. The number of allylic oxidation sites excluding steroid dienone is 3.